The third-order valence-corrected chi connectivity index (χ3v) is 7.93. The molecular formula is C29H42FN3O11. The number of carbonyl (C=O) groups excluding carboxylic acids is 1. The summed E-state index contributed by atoms with van der Waals surface area (Å²) >= 11 is 0. The molecule has 0 radical (unpaired) electrons. The van der Waals surface area contributed by atoms with E-state index < -0.39 is 80.5 Å². The number of nitrogens with zero attached hydrogens (tertiary/aromatic N) is 1. The summed E-state index contributed by atoms with van der Waals surface area (Å²) in [5.74, 6) is -0.272. The number of nitrogens with one attached hydrogen (secondary N) is 2. The minimum atomic E-state index is -1.98. The number of hydrogen-bond donors (Lipinski definition) is 9. The lowest BCUT2D eigenvalue weighted by Gasteiger charge is -2.40. The maximum Gasteiger partial charge on any atom is 0.238 e. The Labute approximate surface area is 253 Å². The van der Waals surface area contributed by atoms with Crippen molar-refractivity contribution >= 4 is 5.91 Å². The van der Waals surface area contributed by atoms with Crippen molar-refractivity contribution in [2.24, 2.45) is 0 Å². The van der Waals surface area contributed by atoms with Crippen LogP contribution in [0.25, 0.3) is 0 Å². The second kappa shape index (κ2) is 15.0. The third-order valence-electron chi connectivity index (χ3n) is 7.93. The minimum absolute atomic E-state index is 0.0337. The fourth-order valence-electron chi connectivity index (χ4n) is 5.29. The number of aliphatic hydroxyl groups is 7. The van der Waals surface area contributed by atoms with Gasteiger partial charge in [0.25, 0.3) is 0 Å². The van der Waals surface area contributed by atoms with Gasteiger partial charge in [0.2, 0.25) is 18.1 Å². The molecule has 0 spiro atoms. The number of halogens is 1. The van der Waals surface area contributed by atoms with Crippen LogP contribution in [-0.4, -0.2) is 126 Å². The monoisotopic (exact) mass is 627 g/mol. The van der Waals surface area contributed by atoms with Crippen molar-refractivity contribution in [1.29, 1.82) is 0 Å². The first-order chi connectivity index (χ1) is 20.9. The number of aromatic amines is 1. The van der Waals surface area contributed by atoms with E-state index in [1.54, 1.807) is 0 Å². The summed E-state index contributed by atoms with van der Waals surface area (Å²) in [6.45, 7) is 2.63. The van der Waals surface area contributed by atoms with E-state index in [0.29, 0.717) is 24.8 Å². The highest BCUT2D eigenvalue weighted by Crippen LogP contribution is 2.32. The van der Waals surface area contributed by atoms with Gasteiger partial charge in [0, 0.05) is 24.1 Å². The van der Waals surface area contributed by atoms with Crippen LogP contribution in [0.2, 0.25) is 0 Å². The number of alkyl halides is 1. The summed E-state index contributed by atoms with van der Waals surface area (Å²) in [7, 11) is 0. The van der Waals surface area contributed by atoms with Gasteiger partial charge < -0.3 is 55.3 Å². The van der Waals surface area contributed by atoms with Gasteiger partial charge in [-0.2, -0.15) is 0 Å². The Bertz CT molecular complexity index is 1210. The van der Waals surface area contributed by atoms with E-state index in [4.69, 9.17) is 14.2 Å². The second-order valence-electron chi connectivity index (χ2n) is 11.5. The maximum absolute atomic E-state index is 14.2. The van der Waals surface area contributed by atoms with Gasteiger partial charge >= 0.3 is 0 Å². The summed E-state index contributed by atoms with van der Waals surface area (Å²) < 4.78 is 30.6. The second-order valence-corrected chi connectivity index (χ2v) is 11.5. The lowest BCUT2D eigenvalue weighted by atomic mass is 9.97. The average molecular weight is 628 g/mol. The molecule has 2 aromatic rings. The van der Waals surface area contributed by atoms with Gasteiger partial charge in [0.1, 0.15) is 42.7 Å². The molecule has 3 heterocycles. The summed E-state index contributed by atoms with van der Waals surface area (Å²) in [4.78, 5) is 12.4. The van der Waals surface area contributed by atoms with Gasteiger partial charge in [-0.1, -0.05) is 38.1 Å². The van der Waals surface area contributed by atoms with Crippen molar-refractivity contribution in [3.8, 4) is 5.88 Å². The molecular weight excluding hydrogens is 585 g/mol. The summed E-state index contributed by atoms with van der Waals surface area (Å²) in [6, 6.07) is 7.65. The molecule has 14 nitrogen and oxygen atoms in total. The lowest BCUT2D eigenvalue weighted by Crippen LogP contribution is -2.63. The number of carbonyl (C=O) groups is 1. The molecule has 15 heteroatoms. The van der Waals surface area contributed by atoms with Gasteiger partial charge in [0.05, 0.1) is 13.2 Å². The molecule has 44 heavy (non-hydrogen) atoms. The molecule has 0 aliphatic carbocycles. The normalized spacial score (nSPS) is 32.5. The Morgan fingerprint density at radius 1 is 0.955 bits per heavy atom. The molecule has 2 aliphatic rings. The van der Waals surface area contributed by atoms with Crippen LogP contribution in [0.1, 0.15) is 55.0 Å². The molecule has 2 fully saturated rings. The first kappa shape index (κ1) is 34.1. The molecule has 9 N–H and O–H groups in total. The zero-order valence-corrected chi connectivity index (χ0v) is 24.5. The van der Waals surface area contributed by atoms with Crippen LogP contribution in [0, 0.1) is 0 Å². The highest BCUT2D eigenvalue weighted by Gasteiger charge is 2.46. The van der Waals surface area contributed by atoms with E-state index >= 15 is 0 Å². The number of aryl methyl sites for hydroxylation is 1. The summed E-state index contributed by atoms with van der Waals surface area (Å²) in [5, 5.41) is 78.5. The summed E-state index contributed by atoms with van der Waals surface area (Å²) in [6.07, 6.45) is -13.7. The van der Waals surface area contributed by atoms with E-state index in [2.05, 4.69) is 15.5 Å². The predicted octanol–water partition coefficient (Wildman–Crippen LogP) is -1.48. The Morgan fingerprint density at radius 3 is 2.25 bits per heavy atom. The van der Waals surface area contributed by atoms with E-state index in [-0.39, 0.29) is 18.2 Å². The van der Waals surface area contributed by atoms with Gasteiger partial charge in [-0.25, -0.2) is 4.39 Å². The topological polar surface area (TPSA) is 227 Å². The number of rotatable bonds is 12. The number of benzene rings is 1. The number of ether oxygens (including phenoxy) is 3. The first-order valence-electron chi connectivity index (χ1n) is 14.6. The number of hydrogen-bond acceptors (Lipinski definition) is 12. The lowest BCUT2D eigenvalue weighted by molar-refractivity contribution is -0.265. The Morgan fingerprint density at radius 2 is 1.61 bits per heavy atom. The van der Waals surface area contributed by atoms with Crippen molar-refractivity contribution < 1.29 is 59.1 Å². The number of amides is 1. The molecule has 0 unspecified atom stereocenters. The molecule has 2 saturated heterocycles. The van der Waals surface area contributed by atoms with E-state index in [1.165, 1.54) is 0 Å². The van der Waals surface area contributed by atoms with Crippen LogP contribution in [-0.2, 0) is 27.1 Å². The van der Waals surface area contributed by atoms with Crippen LogP contribution in [0.4, 0.5) is 4.39 Å². The van der Waals surface area contributed by atoms with Crippen LogP contribution in [0.3, 0.4) is 0 Å². The van der Waals surface area contributed by atoms with E-state index in [9.17, 15) is 44.9 Å². The first-order valence-corrected chi connectivity index (χ1v) is 14.6. The zero-order chi connectivity index (χ0) is 32.1. The molecule has 4 rings (SSSR count). The average Bonchev–Trinajstić information content (AvgIpc) is 3.40. The van der Waals surface area contributed by atoms with Crippen LogP contribution in [0.15, 0.2) is 24.3 Å². The van der Waals surface area contributed by atoms with Gasteiger partial charge in [-0.3, -0.25) is 9.89 Å². The third kappa shape index (κ3) is 7.73. The predicted molar refractivity (Wildman–Crippen MR) is 150 cm³/mol. The molecule has 1 aromatic heterocycles. The van der Waals surface area contributed by atoms with Crippen LogP contribution >= 0.6 is 0 Å². The van der Waals surface area contributed by atoms with E-state index in [1.807, 2.05) is 38.1 Å². The highest BCUT2D eigenvalue weighted by atomic mass is 19.1. The number of aliphatic hydroxyl groups excluding tert-OH is 7. The molecule has 246 valence electrons. The quantitative estimate of drug-likeness (QED) is 0.131. The number of aromatic nitrogens is 2. The highest BCUT2D eigenvalue weighted by molar-refractivity contribution is 5.76. The Balaban J connectivity index is 1.33. The zero-order valence-electron chi connectivity index (χ0n) is 24.5. The number of H-pyrrole nitrogens is 1. The smallest absolute Gasteiger partial charge is 0.238 e. The minimum Gasteiger partial charge on any atom is -0.443 e. The summed E-state index contributed by atoms with van der Waals surface area (Å²) in [5.41, 5.74) is 3.34. The van der Waals surface area contributed by atoms with Crippen LogP contribution < -0.4 is 10.1 Å². The van der Waals surface area contributed by atoms with Crippen molar-refractivity contribution in [3.63, 3.8) is 0 Å². The van der Waals surface area contributed by atoms with Crippen LogP contribution in [0.5, 0.6) is 5.88 Å². The van der Waals surface area contributed by atoms with Crippen molar-refractivity contribution in [1.82, 2.24) is 15.5 Å². The molecule has 0 saturated carbocycles. The molecule has 0 bridgehead atoms. The molecule has 2 aliphatic heterocycles. The van der Waals surface area contributed by atoms with Crippen molar-refractivity contribution in [3.05, 3.63) is 46.6 Å². The van der Waals surface area contributed by atoms with Gasteiger partial charge in [0.15, 0.2) is 12.4 Å². The Hall–Kier alpha value is -2.73. The molecule has 1 amide bonds. The van der Waals surface area contributed by atoms with Crippen molar-refractivity contribution in [2.45, 2.75) is 107 Å². The Kier molecular flexibility index (Phi) is 11.7. The molecule has 10 atom stereocenters. The largest absolute Gasteiger partial charge is 0.443 e. The van der Waals surface area contributed by atoms with Gasteiger partial charge in [-0.15, -0.1) is 5.10 Å². The fraction of sp³-hybridized carbons (Fsp3) is 0.655. The standard InChI is InChI=1S/C29H42FN3O11/c1-13(2)21-16(27(33-32-21)44-29-26(41)23(38)20(30)17(11-34)43-29)10-15-8-6-14(7-9-15)4-3-5-19(36)31-28-25(40)24(39)22(37)18(12-35)42-28/h6-9,13,17-18,20,22-26,28-29,34-35,37-41H,3-5,10-12H2,1-2H3,(H,31,36)(H,32,33)/t17-,18-,20-,22-,23+,24+,25-,26-,28-,29+/m1/s1. The van der Waals surface area contributed by atoms with Gasteiger partial charge in [-0.05, 0) is 29.9 Å². The fourth-order valence-corrected chi connectivity index (χ4v) is 5.29. The van der Waals surface area contributed by atoms with Crippen molar-refractivity contribution in [2.75, 3.05) is 13.2 Å². The van der Waals surface area contributed by atoms with E-state index in [0.717, 1.165) is 16.8 Å². The maximum atomic E-state index is 14.2. The SMILES string of the molecule is CC(C)c1[nH]nc(O[C@@H]2O[C@H](CO)[C@@H](F)[C@H](O)[C@H]2O)c1Cc1ccc(CCCC(=O)N[C@@H]2O[C@H](CO)[C@@H](O)[C@H](O)[C@H]2O)cc1. The molecule has 1 aromatic carbocycles.